The fraction of sp³-hybridized carbons (Fsp3) is 0.231. The summed E-state index contributed by atoms with van der Waals surface area (Å²) in [5.41, 5.74) is 1.13. The molecule has 0 saturated carbocycles. The number of hydrogen-bond donors (Lipinski definition) is 0. The molecule has 0 amide bonds. The lowest BCUT2D eigenvalue weighted by atomic mass is 10.1. The Balaban J connectivity index is 2.11. The lowest BCUT2D eigenvalue weighted by molar-refractivity contribution is 0.522. The van der Waals surface area contributed by atoms with E-state index in [1.807, 2.05) is 30.3 Å². The molecule has 0 aliphatic rings. The Morgan fingerprint density at radius 2 is 2.00 bits per heavy atom. The van der Waals surface area contributed by atoms with Crippen LogP contribution in [0.1, 0.15) is 17.5 Å². The van der Waals surface area contributed by atoms with Crippen LogP contribution >= 0.6 is 10.7 Å². The number of aryl methyl sites for hydroxylation is 2. The zero-order chi connectivity index (χ0) is 14.6. The van der Waals surface area contributed by atoms with E-state index < -0.39 is 9.05 Å². The molecule has 2 aromatic rings. The van der Waals surface area contributed by atoms with Gasteiger partial charge in [0.25, 0.3) is 9.05 Å². The molecule has 20 heavy (non-hydrogen) atoms. The Labute approximate surface area is 121 Å². The number of nitriles is 1. The van der Waals surface area contributed by atoms with E-state index in [9.17, 15) is 8.42 Å². The molecule has 0 radical (unpaired) electrons. The first kappa shape index (κ1) is 14.6. The number of hydrogen-bond acceptors (Lipinski definition) is 4. The van der Waals surface area contributed by atoms with Crippen molar-refractivity contribution in [1.29, 1.82) is 5.26 Å². The number of nitrogens with zero attached hydrogens (tertiary/aromatic N) is 3. The smallest absolute Gasteiger partial charge is 0.252 e. The summed E-state index contributed by atoms with van der Waals surface area (Å²) in [4.78, 5) is 0. The van der Waals surface area contributed by atoms with Gasteiger partial charge in [0.1, 0.15) is 11.6 Å². The van der Waals surface area contributed by atoms with Gasteiger partial charge in [0.05, 0.1) is 6.20 Å². The largest absolute Gasteiger partial charge is 0.279 e. The van der Waals surface area contributed by atoms with Crippen LogP contribution in [-0.4, -0.2) is 18.2 Å². The summed E-state index contributed by atoms with van der Waals surface area (Å²) in [5.74, 6) is 0. The molecule has 0 bridgehead atoms. The normalized spacial score (nSPS) is 11.2. The summed E-state index contributed by atoms with van der Waals surface area (Å²) in [6, 6.07) is 11.6. The highest BCUT2D eigenvalue weighted by molar-refractivity contribution is 8.13. The molecule has 7 heteroatoms. The molecular weight excluding hydrogens is 298 g/mol. The highest BCUT2D eigenvalue weighted by atomic mass is 35.7. The maximum absolute atomic E-state index is 11.5. The molecular formula is C13H12ClN3O2S. The van der Waals surface area contributed by atoms with Gasteiger partial charge in [-0.1, -0.05) is 30.3 Å². The van der Waals surface area contributed by atoms with Crippen LogP contribution in [0.4, 0.5) is 0 Å². The monoisotopic (exact) mass is 309 g/mol. The van der Waals surface area contributed by atoms with Crippen LogP contribution in [0.5, 0.6) is 0 Å². The van der Waals surface area contributed by atoms with Gasteiger partial charge in [-0.25, -0.2) is 8.42 Å². The summed E-state index contributed by atoms with van der Waals surface area (Å²) >= 11 is 0. The first-order valence-corrected chi connectivity index (χ1v) is 8.28. The minimum atomic E-state index is -3.98. The van der Waals surface area contributed by atoms with E-state index in [2.05, 4.69) is 5.10 Å². The van der Waals surface area contributed by atoms with Gasteiger partial charge in [-0.3, -0.25) is 4.68 Å². The molecule has 0 atom stereocenters. The lowest BCUT2D eigenvalue weighted by Gasteiger charge is -2.05. The van der Waals surface area contributed by atoms with Crippen LogP contribution < -0.4 is 0 Å². The summed E-state index contributed by atoms with van der Waals surface area (Å²) in [7, 11) is 1.37. The Morgan fingerprint density at radius 1 is 1.30 bits per heavy atom. The fourth-order valence-corrected chi connectivity index (χ4v) is 3.18. The van der Waals surface area contributed by atoms with Crippen LogP contribution in [0.2, 0.25) is 0 Å². The van der Waals surface area contributed by atoms with Crippen molar-refractivity contribution < 1.29 is 8.42 Å². The van der Waals surface area contributed by atoms with E-state index in [4.69, 9.17) is 15.9 Å². The van der Waals surface area contributed by atoms with E-state index in [0.29, 0.717) is 13.0 Å². The third kappa shape index (κ3) is 3.38. The van der Waals surface area contributed by atoms with Gasteiger partial charge in [-0.05, 0) is 18.4 Å². The van der Waals surface area contributed by atoms with Crippen LogP contribution in [0, 0.1) is 11.3 Å². The van der Waals surface area contributed by atoms with Crippen LogP contribution in [0.15, 0.2) is 41.6 Å². The number of aromatic nitrogens is 2. The van der Waals surface area contributed by atoms with Crippen molar-refractivity contribution >= 4 is 19.7 Å². The first-order valence-electron chi connectivity index (χ1n) is 5.97. The van der Waals surface area contributed by atoms with Gasteiger partial charge in [-0.2, -0.15) is 10.4 Å². The average Bonchev–Trinajstić information content (AvgIpc) is 2.83. The minimum absolute atomic E-state index is 0.0280. The van der Waals surface area contributed by atoms with Crippen LogP contribution in [-0.2, 0) is 22.0 Å². The van der Waals surface area contributed by atoms with Crippen molar-refractivity contribution in [2.75, 3.05) is 0 Å². The second kappa shape index (κ2) is 6.07. The lowest BCUT2D eigenvalue weighted by Crippen LogP contribution is -2.09. The summed E-state index contributed by atoms with van der Waals surface area (Å²) in [6.07, 6.45) is 2.72. The van der Waals surface area contributed by atoms with Gasteiger partial charge in [0.2, 0.25) is 0 Å². The summed E-state index contributed by atoms with van der Waals surface area (Å²) < 4.78 is 24.2. The minimum Gasteiger partial charge on any atom is -0.252 e. The van der Waals surface area contributed by atoms with Crippen molar-refractivity contribution in [2.45, 2.75) is 24.4 Å². The molecule has 1 heterocycles. The predicted octanol–water partition coefficient (Wildman–Crippen LogP) is 2.32. The Kier molecular flexibility index (Phi) is 4.42. The third-order valence-electron chi connectivity index (χ3n) is 2.82. The molecule has 0 unspecified atom stereocenters. The number of rotatable bonds is 5. The molecule has 0 aliphatic carbocycles. The zero-order valence-corrected chi connectivity index (χ0v) is 12.1. The van der Waals surface area contributed by atoms with Gasteiger partial charge < -0.3 is 0 Å². The van der Waals surface area contributed by atoms with Gasteiger partial charge in [0.15, 0.2) is 5.03 Å². The molecule has 5 nitrogen and oxygen atoms in total. The molecule has 0 saturated heterocycles. The standard InChI is InChI=1S/C13H12ClN3O2S/c14-20(18,19)13-12(9-15)10-16-17(13)8-4-7-11-5-2-1-3-6-11/h1-3,5-6,10H,4,7-8H2. The quantitative estimate of drug-likeness (QED) is 0.794. The van der Waals surface area contributed by atoms with Crippen molar-refractivity contribution in [3.05, 3.63) is 47.7 Å². The van der Waals surface area contributed by atoms with Crippen molar-refractivity contribution in [3.63, 3.8) is 0 Å². The maximum Gasteiger partial charge on any atom is 0.279 e. The maximum atomic E-state index is 11.5. The Hall–Kier alpha value is -1.84. The van der Waals surface area contributed by atoms with Crippen molar-refractivity contribution in [3.8, 4) is 6.07 Å². The van der Waals surface area contributed by atoms with Gasteiger partial charge >= 0.3 is 0 Å². The van der Waals surface area contributed by atoms with Crippen LogP contribution in [0.3, 0.4) is 0 Å². The summed E-state index contributed by atoms with van der Waals surface area (Å²) in [6.45, 7) is 0.387. The molecule has 0 spiro atoms. The Morgan fingerprint density at radius 3 is 2.60 bits per heavy atom. The fourth-order valence-electron chi connectivity index (χ4n) is 1.94. The predicted molar refractivity (Wildman–Crippen MR) is 74.7 cm³/mol. The highest BCUT2D eigenvalue weighted by Gasteiger charge is 2.22. The molecule has 1 aromatic carbocycles. The molecule has 0 aliphatic heterocycles. The second-order valence-corrected chi connectivity index (χ2v) is 6.71. The van der Waals surface area contributed by atoms with E-state index in [1.165, 1.54) is 10.9 Å². The second-order valence-electron chi connectivity index (χ2n) is 4.23. The third-order valence-corrected chi connectivity index (χ3v) is 4.15. The number of halogens is 1. The first-order chi connectivity index (χ1) is 9.52. The topological polar surface area (TPSA) is 75.8 Å². The van der Waals surface area contributed by atoms with Crippen molar-refractivity contribution in [1.82, 2.24) is 9.78 Å². The Bertz CT molecular complexity index is 733. The van der Waals surface area contributed by atoms with Crippen molar-refractivity contribution in [2.24, 2.45) is 0 Å². The highest BCUT2D eigenvalue weighted by Crippen LogP contribution is 2.19. The zero-order valence-electron chi connectivity index (χ0n) is 10.5. The van der Waals surface area contributed by atoms with E-state index in [0.717, 1.165) is 12.0 Å². The van der Waals surface area contributed by atoms with Gasteiger partial charge in [0, 0.05) is 17.2 Å². The van der Waals surface area contributed by atoms with Gasteiger partial charge in [-0.15, -0.1) is 0 Å². The molecule has 2 rings (SSSR count). The van der Waals surface area contributed by atoms with E-state index in [1.54, 1.807) is 6.07 Å². The SMILES string of the molecule is N#Cc1cnn(CCCc2ccccc2)c1S(=O)(=O)Cl. The number of benzene rings is 1. The average molecular weight is 310 g/mol. The molecule has 1 aromatic heterocycles. The van der Waals surface area contributed by atoms with E-state index in [-0.39, 0.29) is 10.6 Å². The summed E-state index contributed by atoms with van der Waals surface area (Å²) in [5, 5.41) is 12.6. The molecule has 0 fully saturated rings. The molecule has 104 valence electrons. The van der Waals surface area contributed by atoms with E-state index >= 15 is 0 Å². The molecule has 0 N–H and O–H groups in total. The van der Waals surface area contributed by atoms with Crippen LogP contribution in [0.25, 0.3) is 0 Å².